The van der Waals surface area contributed by atoms with Crippen LogP contribution in [-0.2, 0) is 16.1 Å². The van der Waals surface area contributed by atoms with Gasteiger partial charge in [-0.2, -0.15) is 0 Å². The van der Waals surface area contributed by atoms with E-state index in [0.29, 0.717) is 17.3 Å². The number of hydrogen-bond donors (Lipinski definition) is 0. The van der Waals surface area contributed by atoms with E-state index in [9.17, 15) is 4.79 Å². The molecule has 3 aromatic rings. The molecule has 1 aromatic heterocycles. The molecule has 1 heterocycles. The Bertz CT molecular complexity index is 834. The average Bonchev–Trinajstić information content (AvgIpc) is 3.12. The molecule has 1 atom stereocenters. The lowest BCUT2D eigenvalue weighted by Gasteiger charge is -2.12. The molecule has 25 heavy (non-hydrogen) atoms. The highest BCUT2D eigenvalue weighted by atomic mass is 35.5. The van der Waals surface area contributed by atoms with E-state index in [0.717, 1.165) is 11.1 Å². The first-order chi connectivity index (χ1) is 12.2. The molecule has 0 fully saturated rings. The van der Waals surface area contributed by atoms with Crippen molar-refractivity contribution in [2.75, 3.05) is 0 Å². The number of halogens is 1. The summed E-state index contributed by atoms with van der Waals surface area (Å²) in [6, 6.07) is 16.0. The number of carbonyl (C=O) groups is 1. The van der Waals surface area contributed by atoms with Crippen LogP contribution in [0.25, 0.3) is 11.4 Å². The lowest BCUT2D eigenvalue weighted by atomic mass is 10.2. The van der Waals surface area contributed by atoms with Crippen molar-refractivity contribution in [1.82, 2.24) is 20.2 Å². The third kappa shape index (κ3) is 4.22. The molecule has 0 aliphatic rings. The molecule has 0 saturated carbocycles. The van der Waals surface area contributed by atoms with Crippen LogP contribution < -0.4 is 0 Å². The summed E-state index contributed by atoms with van der Waals surface area (Å²) in [7, 11) is 0. The topological polar surface area (TPSA) is 69.9 Å². The first-order valence-corrected chi connectivity index (χ1v) is 8.31. The van der Waals surface area contributed by atoms with E-state index in [1.165, 1.54) is 4.80 Å². The van der Waals surface area contributed by atoms with Gasteiger partial charge in [-0.25, -0.2) is 4.79 Å². The summed E-state index contributed by atoms with van der Waals surface area (Å²) < 4.78 is 5.38. The summed E-state index contributed by atoms with van der Waals surface area (Å²) in [5.74, 6) is 0.0531. The van der Waals surface area contributed by atoms with Crippen LogP contribution in [0.2, 0.25) is 5.02 Å². The number of nitrogens with zero attached hydrogens (tertiary/aromatic N) is 4. The molecule has 0 saturated heterocycles. The van der Waals surface area contributed by atoms with Crippen LogP contribution in [0.3, 0.4) is 0 Å². The predicted molar refractivity (Wildman–Crippen MR) is 93.8 cm³/mol. The van der Waals surface area contributed by atoms with Gasteiger partial charge in [-0.1, -0.05) is 48.9 Å². The van der Waals surface area contributed by atoms with Crippen molar-refractivity contribution < 1.29 is 9.53 Å². The predicted octanol–water partition coefficient (Wildman–Crippen LogP) is 3.69. The lowest BCUT2D eigenvalue weighted by molar-refractivity contribution is -0.149. The maximum absolute atomic E-state index is 12.4. The molecule has 128 valence electrons. The van der Waals surface area contributed by atoms with Crippen molar-refractivity contribution in [3.05, 3.63) is 65.2 Å². The van der Waals surface area contributed by atoms with Crippen molar-refractivity contribution >= 4 is 17.6 Å². The number of aromatic nitrogens is 4. The van der Waals surface area contributed by atoms with Gasteiger partial charge in [0.2, 0.25) is 5.82 Å². The smallest absolute Gasteiger partial charge is 0.333 e. The first-order valence-electron chi connectivity index (χ1n) is 7.93. The van der Waals surface area contributed by atoms with Gasteiger partial charge >= 0.3 is 5.97 Å². The Hall–Kier alpha value is -2.73. The monoisotopic (exact) mass is 356 g/mol. The van der Waals surface area contributed by atoms with E-state index < -0.39 is 6.04 Å². The molecular formula is C18H17ClN4O2. The number of carbonyl (C=O) groups excluding carboxylic acids is 1. The van der Waals surface area contributed by atoms with Crippen LogP contribution in [0.5, 0.6) is 0 Å². The van der Waals surface area contributed by atoms with Crippen LogP contribution in [0.1, 0.15) is 24.9 Å². The average molecular weight is 357 g/mol. The zero-order valence-corrected chi connectivity index (χ0v) is 14.4. The summed E-state index contributed by atoms with van der Waals surface area (Å²) in [5, 5.41) is 13.0. The van der Waals surface area contributed by atoms with Gasteiger partial charge in [-0.3, -0.25) is 0 Å². The van der Waals surface area contributed by atoms with Crippen molar-refractivity contribution in [2.24, 2.45) is 0 Å². The number of rotatable bonds is 6. The Balaban J connectivity index is 1.70. The number of tetrazole rings is 1. The van der Waals surface area contributed by atoms with Gasteiger partial charge in [0, 0.05) is 10.6 Å². The minimum atomic E-state index is -0.614. The lowest BCUT2D eigenvalue weighted by Crippen LogP contribution is -2.23. The Kier molecular flexibility index (Phi) is 5.40. The summed E-state index contributed by atoms with van der Waals surface area (Å²) in [5.41, 5.74) is 1.71. The summed E-state index contributed by atoms with van der Waals surface area (Å²) >= 11 is 5.88. The fourth-order valence-corrected chi connectivity index (χ4v) is 2.45. The van der Waals surface area contributed by atoms with Gasteiger partial charge in [0.15, 0.2) is 6.04 Å². The maximum Gasteiger partial charge on any atom is 0.333 e. The second kappa shape index (κ2) is 7.90. The van der Waals surface area contributed by atoms with Crippen LogP contribution in [-0.4, -0.2) is 26.2 Å². The number of esters is 1. The van der Waals surface area contributed by atoms with Crippen LogP contribution >= 0.6 is 11.6 Å². The molecule has 0 spiro atoms. The van der Waals surface area contributed by atoms with E-state index >= 15 is 0 Å². The molecule has 0 aliphatic carbocycles. The molecule has 6 nitrogen and oxygen atoms in total. The van der Waals surface area contributed by atoms with Gasteiger partial charge < -0.3 is 4.74 Å². The van der Waals surface area contributed by atoms with Crippen LogP contribution in [0, 0.1) is 0 Å². The Labute approximate surface area is 150 Å². The fraction of sp³-hybridized carbons (Fsp3) is 0.222. The number of hydrogen-bond acceptors (Lipinski definition) is 5. The van der Waals surface area contributed by atoms with Gasteiger partial charge in [-0.05, 0) is 41.5 Å². The highest BCUT2D eigenvalue weighted by Crippen LogP contribution is 2.19. The van der Waals surface area contributed by atoms with E-state index in [-0.39, 0.29) is 12.6 Å². The van der Waals surface area contributed by atoms with Gasteiger partial charge in [-0.15, -0.1) is 15.0 Å². The Morgan fingerprint density at radius 2 is 1.88 bits per heavy atom. The van der Waals surface area contributed by atoms with Crippen LogP contribution in [0.4, 0.5) is 0 Å². The summed E-state index contributed by atoms with van der Waals surface area (Å²) in [6.07, 6.45) is 0.504. The molecule has 3 rings (SSSR count). The van der Waals surface area contributed by atoms with E-state index in [1.807, 2.05) is 37.3 Å². The molecule has 0 aliphatic heterocycles. The van der Waals surface area contributed by atoms with Crippen LogP contribution in [0.15, 0.2) is 54.6 Å². The van der Waals surface area contributed by atoms with E-state index in [2.05, 4.69) is 15.4 Å². The fourth-order valence-electron chi connectivity index (χ4n) is 2.32. The first kappa shape index (κ1) is 17.1. The summed E-state index contributed by atoms with van der Waals surface area (Å²) in [6.45, 7) is 2.09. The van der Waals surface area contributed by atoms with Gasteiger partial charge in [0.1, 0.15) is 6.61 Å². The van der Waals surface area contributed by atoms with Gasteiger partial charge in [0.05, 0.1) is 0 Å². The maximum atomic E-state index is 12.4. The SMILES string of the molecule is CC[C@@H](C(=O)OCc1ccccc1)n1nnc(-c2ccc(Cl)cc2)n1. The van der Waals surface area contributed by atoms with Crippen molar-refractivity contribution in [1.29, 1.82) is 0 Å². The summed E-state index contributed by atoms with van der Waals surface area (Å²) in [4.78, 5) is 13.7. The van der Waals surface area contributed by atoms with E-state index in [4.69, 9.17) is 16.3 Å². The number of ether oxygens (including phenoxy) is 1. The quantitative estimate of drug-likeness (QED) is 0.630. The third-order valence-corrected chi connectivity index (χ3v) is 3.94. The Morgan fingerprint density at radius 1 is 1.16 bits per heavy atom. The van der Waals surface area contributed by atoms with Crippen molar-refractivity contribution in [3.8, 4) is 11.4 Å². The molecular weight excluding hydrogens is 340 g/mol. The van der Waals surface area contributed by atoms with E-state index in [1.54, 1.807) is 24.3 Å². The molecule has 0 N–H and O–H groups in total. The largest absolute Gasteiger partial charge is 0.459 e. The highest BCUT2D eigenvalue weighted by molar-refractivity contribution is 6.30. The molecule has 0 amide bonds. The number of benzene rings is 2. The second-order valence-corrected chi connectivity index (χ2v) is 5.89. The minimum absolute atomic E-state index is 0.217. The second-order valence-electron chi connectivity index (χ2n) is 5.46. The van der Waals surface area contributed by atoms with Gasteiger partial charge in [0.25, 0.3) is 0 Å². The minimum Gasteiger partial charge on any atom is -0.459 e. The zero-order chi connectivity index (χ0) is 17.6. The van der Waals surface area contributed by atoms with Crippen molar-refractivity contribution in [3.63, 3.8) is 0 Å². The molecule has 2 aromatic carbocycles. The highest BCUT2D eigenvalue weighted by Gasteiger charge is 2.23. The normalized spacial score (nSPS) is 11.9. The molecule has 0 unspecified atom stereocenters. The zero-order valence-electron chi connectivity index (χ0n) is 13.7. The molecule has 7 heteroatoms. The molecule has 0 bridgehead atoms. The van der Waals surface area contributed by atoms with Crippen molar-refractivity contribution in [2.45, 2.75) is 26.0 Å². The third-order valence-electron chi connectivity index (χ3n) is 3.69. The molecule has 0 radical (unpaired) electrons. The standard InChI is InChI=1S/C18H17ClN4O2/c1-2-16(18(24)25-12-13-6-4-3-5-7-13)23-21-17(20-22-23)14-8-10-15(19)11-9-14/h3-11,16H,2,12H2,1H3/t16-/m0/s1. The Morgan fingerprint density at radius 3 is 2.56 bits per heavy atom.